The predicted molar refractivity (Wildman–Crippen MR) is 125 cm³/mol. The van der Waals surface area contributed by atoms with Gasteiger partial charge in [0.15, 0.2) is 0 Å². The first-order valence-corrected chi connectivity index (χ1v) is 11.0. The van der Waals surface area contributed by atoms with Gasteiger partial charge in [0.25, 0.3) is 0 Å². The number of nitrogens with zero attached hydrogens (tertiary/aromatic N) is 3. The summed E-state index contributed by atoms with van der Waals surface area (Å²) < 4.78 is 18.1. The molecule has 164 valence electrons. The maximum atomic E-state index is 5.29. The van der Waals surface area contributed by atoms with Crippen LogP contribution >= 0.6 is 11.9 Å². The Kier molecular flexibility index (Phi) is 8.55. The molecule has 0 aliphatic heterocycles. The third-order valence-electron chi connectivity index (χ3n) is 4.75. The molecule has 0 N–H and O–H groups in total. The van der Waals surface area contributed by atoms with E-state index in [1.54, 1.807) is 33.7 Å². The van der Waals surface area contributed by atoms with Crippen molar-refractivity contribution in [1.29, 1.82) is 0 Å². The number of benzene rings is 2. The van der Waals surface area contributed by atoms with Crippen LogP contribution in [0.3, 0.4) is 0 Å². The Hall–Kier alpha value is -2.77. The van der Waals surface area contributed by atoms with Crippen LogP contribution in [0.1, 0.15) is 23.7 Å². The molecule has 1 aromatic heterocycles. The molecule has 0 amide bonds. The Balaban J connectivity index is 1.69. The Morgan fingerprint density at radius 2 is 1.32 bits per heavy atom. The second-order valence-corrected chi connectivity index (χ2v) is 8.70. The summed E-state index contributed by atoms with van der Waals surface area (Å²) in [6.07, 6.45) is 4.27. The van der Waals surface area contributed by atoms with Crippen molar-refractivity contribution in [1.82, 2.24) is 14.3 Å². The lowest BCUT2D eigenvalue weighted by Gasteiger charge is -2.25. The van der Waals surface area contributed by atoms with Gasteiger partial charge in [-0.2, -0.15) is 0 Å². The van der Waals surface area contributed by atoms with E-state index >= 15 is 0 Å². The summed E-state index contributed by atoms with van der Waals surface area (Å²) in [5.41, 5.74) is 3.42. The average molecular weight is 440 g/mol. The molecule has 1 heterocycles. The van der Waals surface area contributed by atoms with Crippen LogP contribution in [0.25, 0.3) is 0 Å². The smallest absolute Gasteiger partial charge is 0.231 e. The van der Waals surface area contributed by atoms with Crippen molar-refractivity contribution >= 4 is 11.9 Å². The van der Waals surface area contributed by atoms with Gasteiger partial charge in [-0.15, -0.1) is 0 Å². The Labute approximate surface area is 188 Å². The summed E-state index contributed by atoms with van der Waals surface area (Å²) >= 11 is 1.83. The van der Waals surface area contributed by atoms with Gasteiger partial charge in [-0.1, -0.05) is 43.1 Å². The van der Waals surface area contributed by atoms with Gasteiger partial charge in [-0.05, 0) is 35.4 Å². The molecule has 31 heavy (non-hydrogen) atoms. The zero-order valence-corrected chi connectivity index (χ0v) is 19.3. The molecule has 1 unspecified atom stereocenters. The number of ether oxygens (including phenoxy) is 3. The maximum Gasteiger partial charge on any atom is 0.231 e. The topological polar surface area (TPSA) is 56.7 Å². The molecule has 7 heteroatoms. The number of methoxy groups -OCH3 is 3. The third kappa shape index (κ3) is 7.15. The zero-order valence-electron chi connectivity index (χ0n) is 18.4. The van der Waals surface area contributed by atoms with Crippen molar-refractivity contribution < 1.29 is 14.2 Å². The van der Waals surface area contributed by atoms with Crippen molar-refractivity contribution in [3.8, 4) is 17.4 Å². The quantitative estimate of drug-likeness (QED) is 0.398. The second kappa shape index (κ2) is 11.6. The van der Waals surface area contributed by atoms with Crippen LogP contribution in [0.2, 0.25) is 0 Å². The molecule has 3 rings (SSSR count). The minimum Gasteiger partial charge on any atom is -0.497 e. The maximum absolute atomic E-state index is 5.29. The Morgan fingerprint density at radius 1 is 0.774 bits per heavy atom. The molecule has 0 spiro atoms. The van der Waals surface area contributed by atoms with Crippen molar-refractivity contribution in [2.24, 2.45) is 0 Å². The first-order valence-electron chi connectivity index (χ1n) is 10.1. The van der Waals surface area contributed by atoms with Crippen molar-refractivity contribution in [3.63, 3.8) is 0 Å². The molecule has 0 saturated heterocycles. The fraction of sp³-hybridized carbons (Fsp3) is 0.333. The van der Waals surface area contributed by atoms with Gasteiger partial charge in [0.2, 0.25) is 5.88 Å². The summed E-state index contributed by atoms with van der Waals surface area (Å²) in [6, 6.07) is 16.5. The highest BCUT2D eigenvalue weighted by atomic mass is 32.2. The fourth-order valence-electron chi connectivity index (χ4n) is 3.14. The lowest BCUT2D eigenvalue weighted by molar-refractivity contribution is 0.395. The first kappa shape index (κ1) is 22.9. The predicted octanol–water partition coefficient (Wildman–Crippen LogP) is 4.78. The van der Waals surface area contributed by atoms with E-state index in [2.05, 4.69) is 45.5 Å². The van der Waals surface area contributed by atoms with Gasteiger partial charge in [-0.3, -0.25) is 4.98 Å². The molecule has 0 fully saturated rings. The van der Waals surface area contributed by atoms with Crippen LogP contribution in [-0.4, -0.2) is 40.9 Å². The standard InChI is InChI=1S/C24H29N3O3S/c1-18(13-21-14-26-24(30-4)15-25-21)31-27(16-19-5-9-22(28-2)10-6-19)17-20-7-11-23(29-3)12-8-20/h5-12,14-15,18H,13,16-17H2,1-4H3. The number of aromatic nitrogens is 2. The molecule has 0 saturated carbocycles. The molecular formula is C24H29N3O3S. The van der Waals surface area contributed by atoms with Gasteiger partial charge in [0, 0.05) is 24.8 Å². The van der Waals surface area contributed by atoms with Gasteiger partial charge < -0.3 is 14.2 Å². The number of hydrogen-bond donors (Lipinski definition) is 0. The van der Waals surface area contributed by atoms with E-state index in [9.17, 15) is 0 Å². The first-order chi connectivity index (χ1) is 15.1. The summed E-state index contributed by atoms with van der Waals surface area (Å²) in [4.78, 5) is 8.72. The van der Waals surface area contributed by atoms with Crippen LogP contribution in [-0.2, 0) is 19.5 Å². The molecule has 1 atom stereocenters. The van der Waals surface area contributed by atoms with E-state index in [0.717, 1.165) is 36.7 Å². The van der Waals surface area contributed by atoms with Crippen LogP contribution < -0.4 is 14.2 Å². The second-order valence-electron chi connectivity index (χ2n) is 7.16. The van der Waals surface area contributed by atoms with E-state index in [4.69, 9.17) is 14.2 Å². The van der Waals surface area contributed by atoms with E-state index in [0.29, 0.717) is 11.1 Å². The summed E-state index contributed by atoms with van der Waals surface area (Å²) in [7, 11) is 4.97. The van der Waals surface area contributed by atoms with Crippen LogP contribution in [0.4, 0.5) is 0 Å². The summed E-state index contributed by atoms with van der Waals surface area (Å²) in [5, 5.41) is 0.333. The molecule has 6 nitrogen and oxygen atoms in total. The van der Waals surface area contributed by atoms with Gasteiger partial charge in [0.05, 0.1) is 39.4 Å². The Morgan fingerprint density at radius 3 is 1.74 bits per heavy atom. The molecular weight excluding hydrogens is 410 g/mol. The van der Waals surface area contributed by atoms with E-state index < -0.39 is 0 Å². The van der Waals surface area contributed by atoms with Crippen LogP contribution in [0.5, 0.6) is 17.4 Å². The summed E-state index contributed by atoms with van der Waals surface area (Å²) in [5.74, 6) is 2.26. The fourth-order valence-corrected chi connectivity index (χ4v) is 4.34. The largest absolute Gasteiger partial charge is 0.497 e. The molecule has 0 bridgehead atoms. The SMILES string of the molecule is COc1ccc(CN(Cc2ccc(OC)cc2)SC(C)Cc2cnc(OC)cn2)cc1. The van der Waals surface area contributed by atoms with Gasteiger partial charge in [-0.25, -0.2) is 9.29 Å². The lowest BCUT2D eigenvalue weighted by atomic mass is 10.2. The third-order valence-corrected chi connectivity index (χ3v) is 5.84. The number of hydrogen-bond acceptors (Lipinski definition) is 7. The van der Waals surface area contributed by atoms with Gasteiger partial charge in [0.1, 0.15) is 11.5 Å². The van der Waals surface area contributed by atoms with Crippen LogP contribution in [0, 0.1) is 0 Å². The molecule has 0 aliphatic rings. The van der Waals surface area contributed by atoms with E-state index in [-0.39, 0.29) is 0 Å². The molecule has 2 aromatic carbocycles. The summed E-state index contributed by atoms with van der Waals surface area (Å²) in [6.45, 7) is 3.85. The van der Waals surface area contributed by atoms with Crippen molar-refractivity contribution in [3.05, 3.63) is 77.7 Å². The molecule has 0 radical (unpaired) electrons. The monoisotopic (exact) mass is 439 g/mol. The lowest BCUT2D eigenvalue weighted by Crippen LogP contribution is -2.20. The highest BCUT2D eigenvalue weighted by molar-refractivity contribution is 7.97. The van der Waals surface area contributed by atoms with Gasteiger partial charge >= 0.3 is 0 Å². The highest BCUT2D eigenvalue weighted by Gasteiger charge is 2.15. The van der Waals surface area contributed by atoms with Crippen molar-refractivity contribution in [2.75, 3.05) is 21.3 Å². The minimum atomic E-state index is 0.333. The molecule has 0 aliphatic carbocycles. The Bertz CT molecular complexity index is 869. The zero-order chi connectivity index (χ0) is 22.1. The number of rotatable bonds is 11. The average Bonchev–Trinajstić information content (AvgIpc) is 2.80. The van der Waals surface area contributed by atoms with E-state index in [1.165, 1.54) is 11.1 Å². The molecule has 3 aromatic rings. The highest BCUT2D eigenvalue weighted by Crippen LogP contribution is 2.26. The van der Waals surface area contributed by atoms with Crippen LogP contribution in [0.15, 0.2) is 60.9 Å². The van der Waals surface area contributed by atoms with Crippen molar-refractivity contribution in [2.45, 2.75) is 31.7 Å². The minimum absolute atomic E-state index is 0.333. The van der Waals surface area contributed by atoms with E-state index in [1.807, 2.05) is 36.2 Å². The normalized spacial score (nSPS) is 11.9.